The van der Waals surface area contributed by atoms with E-state index in [4.69, 9.17) is 5.73 Å². The fourth-order valence-electron chi connectivity index (χ4n) is 2.81. The minimum atomic E-state index is 0.611. The maximum Gasteiger partial charge on any atom is 0.0948 e. The molecule has 3 rings (SSSR count). The molecule has 2 N–H and O–H groups in total. The van der Waals surface area contributed by atoms with Crippen molar-refractivity contribution in [1.82, 2.24) is 14.5 Å². The number of benzene rings is 1. The van der Waals surface area contributed by atoms with Crippen molar-refractivity contribution in [1.29, 1.82) is 0 Å². The molecule has 0 radical (unpaired) electrons. The molecule has 0 aliphatic carbocycles. The van der Waals surface area contributed by atoms with Gasteiger partial charge in [-0.1, -0.05) is 12.1 Å². The van der Waals surface area contributed by atoms with Crippen molar-refractivity contribution in [3.63, 3.8) is 0 Å². The van der Waals surface area contributed by atoms with Crippen LogP contribution >= 0.6 is 0 Å². The lowest BCUT2D eigenvalue weighted by atomic mass is 10.0. The minimum Gasteiger partial charge on any atom is -0.399 e. The highest BCUT2D eigenvalue weighted by Crippen LogP contribution is 2.23. The van der Waals surface area contributed by atoms with Gasteiger partial charge in [0, 0.05) is 43.8 Å². The standard InChI is InChI=1S/C15H20N4/c16-14-3-1-2-13(10-14)11-18-7-4-15(5-8-18)19-9-6-17-12-19/h1-3,6,9-10,12,15H,4-5,7-8,11,16H2. The topological polar surface area (TPSA) is 47.1 Å². The Hall–Kier alpha value is -1.81. The van der Waals surface area contributed by atoms with E-state index in [1.54, 1.807) is 0 Å². The molecule has 0 saturated carbocycles. The number of aromatic nitrogens is 2. The van der Waals surface area contributed by atoms with Crippen LogP contribution in [0.5, 0.6) is 0 Å². The fourth-order valence-corrected chi connectivity index (χ4v) is 2.81. The third-order valence-corrected chi connectivity index (χ3v) is 3.86. The smallest absolute Gasteiger partial charge is 0.0948 e. The van der Waals surface area contributed by atoms with E-state index < -0.39 is 0 Å². The van der Waals surface area contributed by atoms with Crippen molar-refractivity contribution in [3.8, 4) is 0 Å². The summed E-state index contributed by atoms with van der Waals surface area (Å²) in [7, 11) is 0. The van der Waals surface area contributed by atoms with Crippen molar-refractivity contribution in [3.05, 3.63) is 48.5 Å². The van der Waals surface area contributed by atoms with E-state index in [0.717, 1.165) is 25.3 Å². The molecule has 1 aromatic heterocycles. The summed E-state index contributed by atoms with van der Waals surface area (Å²) in [4.78, 5) is 6.63. The van der Waals surface area contributed by atoms with Crippen LogP contribution in [0, 0.1) is 0 Å². The summed E-state index contributed by atoms with van der Waals surface area (Å²) >= 11 is 0. The SMILES string of the molecule is Nc1cccc(CN2CCC(n3ccnc3)CC2)c1. The molecule has 0 bridgehead atoms. The summed E-state index contributed by atoms with van der Waals surface area (Å²) in [6.45, 7) is 3.27. The summed E-state index contributed by atoms with van der Waals surface area (Å²) in [6, 6.07) is 8.80. The van der Waals surface area contributed by atoms with Crippen LogP contribution in [0.15, 0.2) is 43.0 Å². The fraction of sp³-hybridized carbons (Fsp3) is 0.400. The van der Waals surface area contributed by atoms with Gasteiger partial charge in [-0.15, -0.1) is 0 Å². The molecule has 2 aromatic rings. The van der Waals surface area contributed by atoms with E-state index in [-0.39, 0.29) is 0 Å². The van der Waals surface area contributed by atoms with E-state index in [1.165, 1.54) is 18.4 Å². The number of hydrogen-bond donors (Lipinski definition) is 1. The lowest BCUT2D eigenvalue weighted by Gasteiger charge is -2.32. The summed E-state index contributed by atoms with van der Waals surface area (Å²) in [5, 5.41) is 0. The normalized spacial score (nSPS) is 17.7. The van der Waals surface area contributed by atoms with E-state index in [0.29, 0.717) is 6.04 Å². The van der Waals surface area contributed by atoms with Crippen molar-refractivity contribution in [2.45, 2.75) is 25.4 Å². The molecule has 1 saturated heterocycles. The first-order valence-corrected chi connectivity index (χ1v) is 6.85. The monoisotopic (exact) mass is 256 g/mol. The number of imidazole rings is 1. The van der Waals surface area contributed by atoms with E-state index in [2.05, 4.69) is 32.8 Å². The molecular weight excluding hydrogens is 236 g/mol. The zero-order valence-electron chi connectivity index (χ0n) is 11.1. The Morgan fingerprint density at radius 1 is 1.26 bits per heavy atom. The van der Waals surface area contributed by atoms with Gasteiger partial charge in [0.2, 0.25) is 0 Å². The number of nitrogens with zero attached hydrogens (tertiary/aromatic N) is 3. The highest BCUT2D eigenvalue weighted by atomic mass is 15.2. The second-order valence-electron chi connectivity index (χ2n) is 5.26. The molecule has 19 heavy (non-hydrogen) atoms. The van der Waals surface area contributed by atoms with E-state index in [9.17, 15) is 0 Å². The number of piperidine rings is 1. The van der Waals surface area contributed by atoms with Crippen LogP contribution in [0.4, 0.5) is 5.69 Å². The van der Waals surface area contributed by atoms with E-state index in [1.807, 2.05) is 24.7 Å². The van der Waals surface area contributed by atoms with Crippen LogP contribution < -0.4 is 5.73 Å². The predicted octanol–water partition coefficient (Wildman–Crippen LogP) is 2.30. The Labute approximate surface area is 113 Å². The number of hydrogen-bond acceptors (Lipinski definition) is 3. The highest BCUT2D eigenvalue weighted by Gasteiger charge is 2.19. The third-order valence-electron chi connectivity index (χ3n) is 3.86. The van der Waals surface area contributed by atoms with Gasteiger partial charge in [0.15, 0.2) is 0 Å². The molecule has 1 aromatic carbocycles. The Bertz CT molecular complexity index is 513. The maximum atomic E-state index is 5.82. The quantitative estimate of drug-likeness (QED) is 0.857. The molecule has 2 heterocycles. The lowest BCUT2D eigenvalue weighted by molar-refractivity contribution is 0.179. The van der Waals surface area contributed by atoms with Gasteiger partial charge in [-0.25, -0.2) is 4.98 Å². The predicted molar refractivity (Wildman–Crippen MR) is 76.6 cm³/mol. The Morgan fingerprint density at radius 2 is 2.11 bits per heavy atom. The number of likely N-dealkylation sites (tertiary alicyclic amines) is 1. The van der Waals surface area contributed by atoms with Crippen molar-refractivity contribution in [2.75, 3.05) is 18.8 Å². The Kier molecular flexibility index (Phi) is 3.51. The van der Waals surface area contributed by atoms with Crippen LogP contribution in [0.25, 0.3) is 0 Å². The largest absolute Gasteiger partial charge is 0.399 e. The number of rotatable bonds is 3. The molecule has 1 fully saturated rings. The van der Waals surface area contributed by atoms with Gasteiger partial charge in [0.1, 0.15) is 0 Å². The number of nitrogen functional groups attached to an aromatic ring is 1. The lowest BCUT2D eigenvalue weighted by Crippen LogP contribution is -2.33. The minimum absolute atomic E-state index is 0.611. The first-order valence-electron chi connectivity index (χ1n) is 6.85. The van der Waals surface area contributed by atoms with Crippen LogP contribution in [-0.2, 0) is 6.54 Å². The second-order valence-corrected chi connectivity index (χ2v) is 5.26. The molecule has 0 atom stereocenters. The van der Waals surface area contributed by atoms with Crippen LogP contribution in [0.1, 0.15) is 24.4 Å². The van der Waals surface area contributed by atoms with Crippen LogP contribution in [-0.4, -0.2) is 27.5 Å². The van der Waals surface area contributed by atoms with Gasteiger partial charge in [-0.05, 0) is 30.5 Å². The molecular formula is C15H20N4. The molecule has 4 heteroatoms. The summed E-state index contributed by atoms with van der Waals surface area (Å²) in [5.74, 6) is 0. The zero-order valence-corrected chi connectivity index (χ0v) is 11.1. The Morgan fingerprint density at radius 3 is 2.79 bits per heavy atom. The first-order chi connectivity index (χ1) is 9.31. The Balaban J connectivity index is 1.56. The average molecular weight is 256 g/mol. The molecule has 100 valence electrons. The van der Waals surface area contributed by atoms with Crippen LogP contribution in [0.2, 0.25) is 0 Å². The molecule has 0 unspecified atom stereocenters. The van der Waals surface area contributed by atoms with Crippen molar-refractivity contribution < 1.29 is 0 Å². The third kappa shape index (κ3) is 2.96. The zero-order chi connectivity index (χ0) is 13.1. The van der Waals surface area contributed by atoms with Gasteiger partial charge >= 0.3 is 0 Å². The summed E-state index contributed by atoms with van der Waals surface area (Å²) < 4.78 is 2.23. The summed E-state index contributed by atoms with van der Waals surface area (Å²) in [5.41, 5.74) is 7.98. The molecule has 0 amide bonds. The van der Waals surface area contributed by atoms with Crippen LogP contribution in [0.3, 0.4) is 0 Å². The molecule has 0 spiro atoms. The second kappa shape index (κ2) is 5.45. The van der Waals surface area contributed by atoms with Gasteiger partial charge in [0.05, 0.1) is 6.33 Å². The number of nitrogens with two attached hydrogens (primary N) is 1. The van der Waals surface area contributed by atoms with Gasteiger partial charge in [-0.2, -0.15) is 0 Å². The highest BCUT2D eigenvalue weighted by molar-refractivity contribution is 5.40. The number of anilines is 1. The van der Waals surface area contributed by atoms with Crippen molar-refractivity contribution >= 4 is 5.69 Å². The van der Waals surface area contributed by atoms with E-state index >= 15 is 0 Å². The summed E-state index contributed by atoms with van der Waals surface area (Å²) in [6.07, 6.45) is 8.24. The molecule has 1 aliphatic heterocycles. The average Bonchev–Trinajstić information content (AvgIpc) is 2.94. The van der Waals surface area contributed by atoms with Crippen molar-refractivity contribution in [2.24, 2.45) is 0 Å². The maximum absolute atomic E-state index is 5.82. The van der Waals surface area contributed by atoms with Gasteiger partial charge < -0.3 is 10.3 Å². The molecule has 4 nitrogen and oxygen atoms in total. The van der Waals surface area contributed by atoms with Gasteiger partial charge in [-0.3, -0.25) is 4.90 Å². The first kappa shape index (κ1) is 12.2. The molecule has 1 aliphatic rings. The van der Waals surface area contributed by atoms with Gasteiger partial charge in [0.25, 0.3) is 0 Å².